The van der Waals surface area contributed by atoms with Crippen LogP contribution in [0.4, 0.5) is 39.5 Å². The Morgan fingerprint density at radius 1 is 1.07 bits per heavy atom. The molecule has 18 heteroatoms. The molecule has 0 unspecified atom stereocenters. The fourth-order valence-corrected chi connectivity index (χ4v) is 7.52. The minimum absolute atomic E-state index is 0.0566. The number of nitrogens with zero attached hydrogens (tertiary/aromatic N) is 3. The van der Waals surface area contributed by atoms with Crippen molar-refractivity contribution in [3.63, 3.8) is 0 Å². The number of nitrogens with two attached hydrogens (primary N) is 1. The molecule has 55 heavy (non-hydrogen) atoms. The van der Waals surface area contributed by atoms with Crippen molar-refractivity contribution in [1.82, 2.24) is 9.88 Å². The van der Waals surface area contributed by atoms with Crippen LogP contribution in [-0.4, -0.2) is 68.5 Å². The molecule has 1 saturated heterocycles. The summed E-state index contributed by atoms with van der Waals surface area (Å²) in [7, 11) is -3.23. The predicted molar refractivity (Wildman–Crippen MR) is 194 cm³/mol. The molecule has 4 aromatic rings. The fraction of sp³-hybridized carbons (Fsp3) is 0.351. The molecule has 0 aliphatic carbocycles. The largest absolute Gasteiger partial charge is 0.493 e. The van der Waals surface area contributed by atoms with Gasteiger partial charge in [0.15, 0.2) is 21.4 Å². The van der Waals surface area contributed by atoms with Gasteiger partial charge < -0.3 is 30.3 Å². The molecule has 0 radical (unpaired) electrons. The van der Waals surface area contributed by atoms with Gasteiger partial charge in [-0.05, 0) is 91.2 Å². The van der Waals surface area contributed by atoms with E-state index in [0.717, 1.165) is 25.3 Å². The first-order valence-electron chi connectivity index (χ1n) is 17.2. The van der Waals surface area contributed by atoms with Crippen molar-refractivity contribution in [3.8, 4) is 5.75 Å². The lowest BCUT2D eigenvalue weighted by Crippen LogP contribution is -2.39. The molecule has 1 aliphatic rings. The number of pyridine rings is 1. The van der Waals surface area contributed by atoms with E-state index in [0.29, 0.717) is 34.9 Å². The molecule has 1 aliphatic heterocycles. The maximum absolute atomic E-state index is 16.4. The highest BCUT2D eigenvalue weighted by atomic mass is 32.2. The number of carbonyl (C=O) groups excluding carboxylic acids is 3. The quantitative estimate of drug-likeness (QED) is 0.121. The number of alkyl halides is 3. The lowest BCUT2D eigenvalue weighted by molar-refractivity contribution is -0.200. The number of hydrogen-bond acceptors (Lipinski definition) is 11. The molecular weight excluding hydrogens is 750 g/mol. The van der Waals surface area contributed by atoms with Gasteiger partial charge in [-0.2, -0.15) is 13.2 Å². The molecular formula is C37H39F4N5O8S. The van der Waals surface area contributed by atoms with Crippen molar-refractivity contribution >= 4 is 55.8 Å². The number of rotatable bonds is 11. The van der Waals surface area contributed by atoms with E-state index in [1.807, 2.05) is 6.92 Å². The van der Waals surface area contributed by atoms with Crippen LogP contribution in [-0.2, 0) is 35.4 Å². The van der Waals surface area contributed by atoms with Gasteiger partial charge >= 0.3 is 18.2 Å². The second-order valence-corrected chi connectivity index (χ2v) is 14.7. The monoisotopic (exact) mass is 789 g/mol. The summed E-state index contributed by atoms with van der Waals surface area (Å²) in [5.41, 5.74) is 6.49. The summed E-state index contributed by atoms with van der Waals surface area (Å²) < 4.78 is 93.1. The van der Waals surface area contributed by atoms with Crippen LogP contribution in [0.3, 0.4) is 0 Å². The molecule has 2 amide bonds. The highest BCUT2D eigenvalue weighted by Crippen LogP contribution is 2.41. The van der Waals surface area contributed by atoms with E-state index in [-0.39, 0.29) is 52.2 Å². The zero-order valence-electron chi connectivity index (χ0n) is 30.3. The molecule has 13 nitrogen and oxygen atoms in total. The molecule has 3 N–H and O–H groups in total. The Labute approximate surface area is 314 Å². The molecule has 0 bridgehead atoms. The number of methoxy groups -OCH3 is 1. The first kappa shape index (κ1) is 40.5. The summed E-state index contributed by atoms with van der Waals surface area (Å²) in [6.45, 7) is 5.11. The third-order valence-corrected chi connectivity index (χ3v) is 10.9. The van der Waals surface area contributed by atoms with Crippen molar-refractivity contribution in [2.75, 3.05) is 42.1 Å². The standard InChI is InChI=1S/C37H39F4N5O8S/c1-5-21-17-27(31(38)29(18-21)53-6-2)32(44-23-10-12-25-22(19-23)14-15-43-33(25)42)34(47)45-16-8-9-28(45)26-20-24(11-13-30(26)55(50,51)7-3)46(36(49)52-4)54-35(48)37(39,40)41/h10-15,17-20,28,32,44H,5-9,16H2,1-4H3,(H2,42,43)/t28-,32-/m1/s1. The summed E-state index contributed by atoms with van der Waals surface area (Å²) in [5.74, 6) is -4.42. The Hall–Kier alpha value is -5.65. The molecule has 1 aromatic heterocycles. The third-order valence-electron chi connectivity index (χ3n) is 9.08. The second-order valence-electron chi connectivity index (χ2n) is 12.4. The van der Waals surface area contributed by atoms with Crippen LogP contribution < -0.4 is 20.9 Å². The molecule has 0 spiro atoms. The number of ether oxygens (including phenoxy) is 2. The highest BCUT2D eigenvalue weighted by Gasteiger charge is 2.45. The smallest absolute Gasteiger partial charge is 0.491 e. The van der Waals surface area contributed by atoms with Gasteiger partial charge in [0.1, 0.15) is 11.9 Å². The summed E-state index contributed by atoms with van der Waals surface area (Å²) >= 11 is 0. The number of fused-ring (bicyclic) bond motifs is 1. The molecule has 1 fully saturated rings. The van der Waals surface area contributed by atoms with Gasteiger partial charge in [-0.25, -0.2) is 27.4 Å². The minimum atomic E-state index is -5.50. The average Bonchev–Trinajstić information content (AvgIpc) is 3.66. The molecule has 0 saturated carbocycles. The number of hydrogen-bond donors (Lipinski definition) is 2. The van der Waals surface area contributed by atoms with Crippen molar-refractivity contribution < 1.29 is 54.7 Å². The van der Waals surface area contributed by atoms with E-state index < -0.39 is 63.3 Å². The minimum Gasteiger partial charge on any atom is -0.491 e. The van der Waals surface area contributed by atoms with Crippen molar-refractivity contribution in [3.05, 3.63) is 83.3 Å². The highest BCUT2D eigenvalue weighted by molar-refractivity contribution is 7.91. The van der Waals surface area contributed by atoms with Gasteiger partial charge in [0.25, 0.3) is 0 Å². The predicted octanol–water partition coefficient (Wildman–Crippen LogP) is 6.82. The topological polar surface area (TPSA) is 170 Å². The van der Waals surface area contributed by atoms with Crippen molar-refractivity contribution in [1.29, 1.82) is 0 Å². The number of carbonyl (C=O) groups is 3. The summed E-state index contributed by atoms with van der Waals surface area (Å²) in [6, 6.07) is 10.4. The second kappa shape index (κ2) is 16.4. The number of nitrogens with one attached hydrogen (secondary N) is 1. The van der Waals surface area contributed by atoms with Crippen LogP contribution in [0, 0.1) is 5.82 Å². The van der Waals surface area contributed by atoms with Gasteiger partial charge in [0.2, 0.25) is 5.91 Å². The van der Waals surface area contributed by atoms with E-state index >= 15 is 4.39 Å². The number of anilines is 3. The molecule has 5 rings (SSSR count). The van der Waals surface area contributed by atoms with Gasteiger partial charge in [-0.1, -0.05) is 19.9 Å². The van der Waals surface area contributed by atoms with Gasteiger partial charge in [0.05, 0.1) is 36.1 Å². The normalized spacial score (nSPS) is 15.1. The van der Waals surface area contributed by atoms with E-state index in [1.54, 1.807) is 37.3 Å². The van der Waals surface area contributed by atoms with E-state index in [4.69, 9.17) is 10.5 Å². The number of nitrogen functional groups attached to an aromatic ring is 1. The number of halogens is 4. The Bertz CT molecular complexity index is 2220. The first-order chi connectivity index (χ1) is 26.0. The van der Waals surface area contributed by atoms with Crippen LogP contribution in [0.2, 0.25) is 0 Å². The summed E-state index contributed by atoms with van der Waals surface area (Å²) in [4.78, 5) is 48.9. The molecule has 3 aromatic carbocycles. The number of sulfone groups is 1. The van der Waals surface area contributed by atoms with E-state index in [2.05, 4.69) is 19.9 Å². The van der Waals surface area contributed by atoms with E-state index in [1.165, 1.54) is 24.1 Å². The van der Waals surface area contributed by atoms with Gasteiger partial charge in [-0.15, -0.1) is 5.06 Å². The molecule has 2 atom stereocenters. The van der Waals surface area contributed by atoms with Crippen LogP contribution in [0.1, 0.15) is 62.4 Å². The Kier molecular flexibility index (Phi) is 12.1. The van der Waals surface area contributed by atoms with Crippen molar-refractivity contribution in [2.45, 2.75) is 63.2 Å². The van der Waals surface area contributed by atoms with Crippen LogP contribution in [0.15, 0.2) is 65.7 Å². The maximum atomic E-state index is 16.4. The zero-order chi connectivity index (χ0) is 40.2. The van der Waals surface area contributed by atoms with Crippen LogP contribution >= 0.6 is 0 Å². The summed E-state index contributed by atoms with van der Waals surface area (Å²) in [6.07, 6.45) is -4.55. The average molecular weight is 790 g/mol. The van der Waals surface area contributed by atoms with Gasteiger partial charge in [-0.3, -0.25) is 4.79 Å². The number of aromatic nitrogens is 1. The SMILES string of the molecule is CCOc1cc(CC)cc([C@@H](Nc2ccc3c(N)nccc3c2)C(=O)N2CCC[C@@H]2c2cc(N(OC(=O)C(F)(F)F)C(=O)OC)ccc2S(=O)(=O)CC)c1F. The van der Waals surface area contributed by atoms with Gasteiger partial charge in [0, 0.05) is 29.4 Å². The maximum Gasteiger partial charge on any atom is 0.493 e. The van der Waals surface area contributed by atoms with Crippen LogP contribution in [0.25, 0.3) is 10.8 Å². The lowest BCUT2D eigenvalue weighted by Gasteiger charge is -2.32. The van der Waals surface area contributed by atoms with Crippen LogP contribution in [0.5, 0.6) is 5.75 Å². The fourth-order valence-electron chi connectivity index (χ4n) is 6.38. The summed E-state index contributed by atoms with van der Waals surface area (Å²) in [5, 5.41) is 4.41. The number of hydroxylamine groups is 1. The lowest BCUT2D eigenvalue weighted by atomic mass is 9.98. The number of benzene rings is 3. The van der Waals surface area contributed by atoms with Crippen molar-refractivity contribution in [2.24, 2.45) is 0 Å². The Balaban J connectivity index is 1.66. The Morgan fingerprint density at radius 3 is 2.47 bits per heavy atom. The number of likely N-dealkylation sites (tertiary alicyclic amines) is 1. The zero-order valence-corrected chi connectivity index (χ0v) is 31.1. The number of aryl methyl sites for hydroxylation is 1. The third kappa shape index (κ3) is 8.53. The van der Waals surface area contributed by atoms with E-state index in [9.17, 15) is 36.0 Å². The Morgan fingerprint density at radius 2 is 1.82 bits per heavy atom. The molecule has 294 valence electrons. The first-order valence-corrected chi connectivity index (χ1v) is 18.9. The molecule has 2 heterocycles. The number of amides is 2.